The molecule has 0 saturated carbocycles. The topological polar surface area (TPSA) is 106 Å². The van der Waals surface area contributed by atoms with Crippen LogP contribution >= 0.6 is 0 Å². The molecule has 0 atom stereocenters. The molecule has 2 amide bonds. The zero-order chi connectivity index (χ0) is 14.8. The van der Waals surface area contributed by atoms with E-state index in [9.17, 15) is 9.59 Å². The van der Waals surface area contributed by atoms with Crippen molar-refractivity contribution in [1.29, 1.82) is 0 Å². The fourth-order valence-corrected chi connectivity index (χ4v) is 1.90. The number of anilines is 3. The third kappa shape index (κ3) is 2.76. The summed E-state index contributed by atoms with van der Waals surface area (Å²) in [5.41, 5.74) is 7.31. The van der Waals surface area contributed by atoms with Gasteiger partial charge in [0.25, 0.3) is 11.8 Å². The van der Waals surface area contributed by atoms with E-state index < -0.39 is 0 Å². The Kier molecular flexibility index (Phi) is 3.15. The van der Waals surface area contributed by atoms with Crippen molar-refractivity contribution >= 4 is 28.9 Å². The van der Waals surface area contributed by atoms with Crippen LogP contribution < -0.4 is 21.1 Å². The van der Waals surface area contributed by atoms with Gasteiger partial charge in [-0.05, 0) is 30.3 Å². The van der Waals surface area contributed by atoms with E-state index >= 15 is 0 Å². The highest BCUT2D eigenvalue weighted by Gasteiger charge is 2.16. The van der Waals surface area contributed by atoms with Crippen LogP contribution in [0.25, 0.3) is 0 Å². The highest BCUT2D eigenvalue weighted by molar-refractivity contribution is 6.04. The second kappa shape index (κ2) is 5.12. The van der Waals surface area contributed by atoms with Crippen LogP contribution in [0, 0.1) is 0 Å². The number of benzene rings is 1. The lowest BCUT2D eigenvalue weighted by Gasteiger charge is -2.18. The Labute approximate surface area is 120 Å². The number of hydrogen-bond acceptors (Lipinski definition) is 5. The predicted molar refractivity (Wildman–Crippen MR) is 77.2 cm³/mol. The van der Waals surface area contributed by atoms with Crippen molar-refractivity contribution < 1.29 is 14.3 Å². The summed E-state index contributed by atoms with van der Waals surface area (Å²) in [5, 5.41) is 5.37. The van der Waals surface area contributed by atoms with Crippen molar-refractivity contribution in [3.8, 4) is 5.75 Å². The maximum Gasteiger partial charge on any atom is 0.274 e. The Balaban J connectivity index is 1.79. The maximum atomic E-state index is 12.0. The van der Waals surface area contributed by atoms with Crippen LogP contribution in [0.4, 0.5) is 17.1 Å². The van der Waals surface area contributed by atoms with Gasteiger partial charge >= 0.3 is 0 Å². The van der Waals surface area contributed by atoms with Crippen LogP contribution in [-0.2, 0) is 4.79 Å². The minimum Gasteiger partial charge on any atom is -0.482 e. The van der Waals surface area contributed by atoms with E-state index in [4.69, 9.17) is 10.5 Å². The molecule has 3 rings (SSSR count). The average molecular weight is 284 g/mol. The monoisotopic (exact) mass is 284 g/mol. The molecule has 0 spiro atoms. The van der Waals surface area contributed by atoms with Gasteiger partial charge in [0.2, 0.25) is 0 Å². The first-order valence-corrected chi connectivity index (χ1v) is 6.21. The normalized spacial score (nSPS) is 12.9. The number of nitrogen functional groups attached to an aromatic ring is 1. The quantitative estimate of drug-likeness (QED) is 0.769. The van der Waals surface area contributed by atoms with Gasteiger partial charge in [-0.1, -0.05) is 0 Å². The van der Waals surface area contributed by atoms with E-state index in [1.165, 1.54) is 12.3 Å². The first-order valence-electron chi connectivity index (χ1n) is 6.21. The Bertz CT molecular complexity index is 713. The summed E-state index contributed by atoms with van der Waals surface area (Å²) in [6, 6.07) is 8.13. The summed E-state index contributed by atoms with van der Waals surface area (Å²) >= 11 is 0. The maximum absolute atomic E-state index is 12.0. The van der Waals surface area contributed by atoms with Crippen molar-refractivity contribution in [1.82, 2.24) is 4.98 Å². The summed E-state index contributed by atoms with van der Waals surface area (Å²) < 4.78 is 5.24. The minimum atomic E-state index is -0.363. The second-order valence-corrected chi connectivity index (χ2v) is 4.48. The van der Waals surface area contributed by atoms with Crippen molar-refractivity contribution in [2.45, 2.75) is 0 Å². The second-order valence-electron chi connectivity index (χ2n) is 4.48. The number of nitrogens with zero attached hydrogens (tertiary/aromatic N) is 1. The molecule has 1 aromatic carbocycles. The lowest BCUT2D eigenvalue weighted by Crippen LogP contribution is -2.25. The van der Waals surface area contributed by atoms with Gasteiger partial charge in [-0.25, -0.2) is 4.98 Å². The van der Waals surface area contributed by atoms with Crippen molar-refractivity contribution in [3.05, 3.63) is 42.2 Å². The van der Waals surface area contributed by atoms with Crippen molar-refractivity contribution in [2.24, 2.45) is 0 Å². The van der Waals surface area contributed by atoms with Gasteiger partial charge in [-0.2, -0.15) is 0 Å². The van der Waals surface area contributed by atoms with Crippen LogP contribution in [0.15, 0.2) is 36.5 Å². The number of carbonyl (C=O) groups is 2. The number of carbonyl (C=O) groups excluding carboxylic acids is 2. The Hall–Kier alpha value is -3.09. The lowest BCUT2D eigenvalue weighted by molar-refractivity contribution is -0.118. The molecule has 0 radical (unpaired) electrons. The van der Waals surface area contributed by atoms with Gasteiger partial charge in [-0.3, -0.25) is 9.59 Å². The molecular weight excluding hydrogens is 272 g/mol. The van der Waals surface area contributed by atoms with E-state index in [0.29, 0.717) is 22.8 Å². The summed E-state index contributed by atoms with van der Waals surface area (Å²) in [6.07, 6.45) is 1.41. The minimum absolute atomic E-state index is 0.00589. The number of ether oxygens (including phenoxy) is 1. The van der Waals surface area contributed by atoms with Crippen molar-refractivity contribution in [3.63, 3.8) is 0 Å². The third-order valence-electron chi connectivity index (χ3n) is 2.89. The lowest BCUT2D eigenvalue weighted by atomic mass is 10.2. The largest absolute Gasteiger partial charge is 0.482 e. The molecule has 7 heteroatoms. The van der Waals surface area contributed by atoms with Gasteiger partial charge in [0.1, 0.15) is 11.4 Å². The van der Waals surface area contributed by atoms with E-state index in [1.807, 2.05) is 0 Å². The first-order chi connectivity index (χ1) is 10.1. The Morgan fingerprint density at radius 3 is 2.95 bits per heavy atom. The van der Waals surface area contributed by atoms with Crippen LogP contribution in [0.2, 0.25) is 0 Å². The fourth-order valence-electron chi connectivity index (χ4n) is 1.90. The van der Waals surface area contributed by atoms with Crippen LogP contribution in [0.5, 0.6) is 5.75 Å². The number of hydrogen-bond donors (Lipinski definition) is 3. The highest BCUT2D eigenvalue weighted by Crippen LogP contribution is 2.30. The summed E-state index contributed by atoms with van der Waals surface area (Å²) in [7, 11) is 0. The van der Waals surface area contributed by atoms with Gasteiger partial charge in [0.15, 0.2) is 6.61 Å². The highest BCUT2D eigenvalue weighted by atomic mass is 16.5. The molecule has 1 aliphatic rings. The third-order valence-corrected chi connectivity index (χ3v) is 2.89. The summed E-state index contributed by atoms with van der Waals surface area (Å²) in [5.74, 6) is -0.0256. The molecular formula is C14H12N4O3. The van der Waals surface area contributed by atoms with Crippen LogP contribution in [-0.4, -0.2) is 23.4 Å². The number of rotatable bonds is 2. The van der Waals surface area contributed by atoms with Gasteiger partial charge in [0.05, 0.1) is 17.6 Å². The molecule has 2 heterocycles. The molecule has 4 N–H and O–H groups in total. The van der Waals surface area contributed by atoms with Gasteiger partial charge < -0.3 is 21.1 Å². The molecule has 0 unspecified atom stereocenters. The molecule has 2 aromatic rings. The number of fused-ring (bicyclic) bond motifs is 1. The number of amides is 2. The van der Waals surface area contributed by atoms with E-state index in [-0.39, 0.29) is 24.1 Å². The molecule has 0 fully saturated rings. The Morgan fingerprint density at radius 2 is 2.19 bits per heavy atom. The molecule has 106 valence electrons. The molecule has 1 aliphatic heterocycles. The van der Waals surface area contributed by atoms with Gasteiger partial charge in [-0.15, -0.1) is 0 Å². The number of nitrogens with two attached hydrogens (primary N) is 1. The molecule has 7 nitrogen and oxygen atoms in total. The summed E-state index contributed by atoms with van der Waals surface area (Å²) in [6.45, 7) is -0.00589. The SMILES string of the molecule is Nc1ccc(C(=O)Nc2ccc3c(c2)NC(=O)CO3)nc1. The van der Waals surface area contributed by atoms with E-state index in [0.717, 1.165) is 0 Å². The molecule has 1 aromatic heterocycles. The first kappa shape index (κ1) is 12.9. The number of nitrogens with one attached hydrogen (secondary N) is 2. The van der Waals surface area contributed by atoms with E-state index in [2.05, 4.69) is 15.6 Å². The molecule has 0 bridgehead atoms. The van der Waals surface area contributed by atoms with Crippen LogP contribution in [0.3, 0.4) is 0 Å². The zero-order valence-electron chi connectivity index (χ0n) is 10.9. The molecule has 21 heavy (non-hydrogen) atoms. The zero-order valence-corrected chi connectivity index (χ0v) is 10.9. The Morgan fingerprint density at radius 1 is 1.33 bits per heavy atom. The smallest absolute Gasteiger partial charge is 0.274 e. The van der Waals surface area contributed by atoms with Gasteiger partial charge in [0, 0.05) is 5.69 Å². The predicted octanol–water partition coefficient (Wildman–Crippen LogP) is 1.25. The number of pyridine rings is 1. The summed E-state index contributed by atoms with van der Waals surface area (Å²) in [4.78, 5) is 27.2. The number of aromatic nitrogens is 1. The standard InChI is InChI=1S/C14H12N4O3/c15-8-1-3-10(16-6-8)14(20)17-9-2-4-12-11(5-9)18-13(19)7-21-12/h1-6H,7,15H2,(H,17,20)(H,18,19). The van der Waals surface area contributed by atoms with E-state index in [1.54, 1.807) is 24.3 Å². The van der Waals surface area contributed by atoms with Crippen molar-refractivity contribution in [2.75, 3.05) is 23.0 Å². The molecule has 0 saturated heterocycles. The fraction of sp³-hybridized carbons (Fsp3) is 0.0714. The van der Waals surface area contributed by atoms with Crippen LogP contribution in [0.1, 0.15) is 10.5 Å². The molecule has 0 aliphatic carbocycles. The average Bonchev–Trinajstić information content (AvgIpc) is 2.47.